The zero-order valence-electron chi connectivity index (χ0n) is 19.3. The first-order valence-electron chi connectivity index (χ1n) is 10.8. The van der Waals surface area contributed by atoms with Crippen molar-refractivity contribution in [1.82, 2.24) is 10.2 Å². The van der Waals surface area contributed by atoms with Crippen molar-refractivity contribution in [3.8, 4) is 11.5 Å². The Balaban J connectivity index is 1.96. The molecule has 0 fully saturated rings. The molecule has 2 aromatic rings. The van der Waals surface area contributed by atoms with Gasteiger partial charge in [0.05, 0.1) is 11.4 Å². The molecule has 1 aliphatic heterocycles. The molecule has 0 aliphatic carbocycles. The predicted molar refractivity (Wildman–Crippen MR) is 125 cm³/mol. The number of amides is 2. The predicted octanol–water partition coefficient (Wildman–Crippen LogP) is 1.92. The molecule has 34 heavy (non-hydrogen) atoms. The average Bonchev–Trinajstić information content (AvgIpc) is 2.85. The SMILES string of the molecule is CCS(=O)(=O)N(CC(=O)N(Cc1ccccc1F)[C@H](C)C(=O)NC)c1ccc2c(c1)OCCO2. The lowest BCUT2D eigenvalue weighted by atomic mass is 10.1. The van der Waals surface area contributed by atoms with E-state index in [2.05, 4.69) is 5.32 Å². The Morgan fingerprint density at radius 3 is 2.44 bits per heavy atom. The zero-order chi connectivity index (χ0) is 24.9. The Morgan fingerprint density at radius 2 is 1.79 bits per heavy atom. The summed E-state index contributed by atoms with van der Waals surface area (Å²) in [4.78, 5) is 26.9. The summed E-state index contributed by atoms with van der Waals surface area (Å²) >= 11 is 0. The van der Waals surface area contributed by atoms with E-state index in [1.54, 1.807) is 12.1 Å². The topological polar surface area (TPSA) is 105 Å². The third kappa shape index (κ3) is 5.58. The third-order valence-electron chi connectivity index (χ3n) is 5.51. The van der Waals surface area contributed by atoms with Crippen LogP contribution in [0, 0.1) is 5.82 Å². The van der Waals surface area contributed by atoms with Crippen LogP contribution in [0.5, 0.6) is 11.5 Å². The molecule has 0 saturated heterocycles. The molecule has 0 radical (unpaired) electrons. The number of hydrogen-bond acceptors (Lipinski definition) is 6. The van der Waals surface area contributed by atoms with Crippen LogP contribution in [0.3, 0.4) is 0 Å². The maximum atomic E-state index is 14.3. The Hall–Kier alpha value is -3.34. The first-order chi connectivity index (χ1) is 16.2. The number of anilines is 1. The number of halogens is 1. The van der Waals surface area contributed by atoms with Gasteiger partial charge in [0, 0.05) is 25.2 Å². The Labute approximate surface area is 198 Å². The molecule has 1 aliphatic rings. The van der Waals surface area contributed by atoms with Gasteiger partial charge in [-0.05, 0) is 32.0 Å². The van der Waals surface area contributed by atoms with Crippen molar-refractivity contribution in [3.63, 3.8) is 0 Å². The molecular formula is C23H28FN3O6S. The molecule has 1 heterocycles. The molecule has 0 aromatic heterocycles. The van der Waals surface area contributed by atoms with Gasteiger partial charge in [0.2, 0.25) is 21.8 Å². The monoisotopic (exact) mass is 493 g/mol. The highest BCUT2D eigenvalue weighted by Crippen LogP contribution is 2.35. The number of rotatable bonds is 9. The normalized spacial score (nSPS) is 13.6. The van der Waals surface area contributed by atoms with Crippen LogP contribution in [0.15, 0.2) is 42.5 Å². The number of hydrogen-bond donors (Lipinski definition) is 1. The van der Waals surface area contributed by atoms with Gasteiger partial charge in [0.15, 0.2) is 11.5 Å². The number of nitrogens with zero attached hydrogens (tertiary/aromatic N) is 2. The van der Waals surface area contributed by atoms with E-state index < -0.39 is 40.2 Å². The fourth-order valence-corrected chi connectivity index (χ4v) is 4.56. The fraction of sp³-hybridized carbons (Fsp3) is 0.391. The van der Waals surface area contributed by atoms with Crippen molar-refractivity contribution >= 4 is 27.5 Å². The molecule has 0 bridgehead atoms. The first kappa shape index (κ1) is 25.3. The lowest BCUT2D eigenvalue weighted by Gasteiger charge is -2.32. The summed E-state index contributed by atoms with van der Waals surface area (Å²) in [6.45, 7) is 2.88. The third-order valence-corrected chi connectivity index (χ3v) is 7.25. The molecule has 11 heteroatoms. The van der Waals surface area contributed by atoms with E-state index in [-0.39, 0.29) is 23.5 Å². The lowest BCUT2D eigenvalue weighted by molar-refractivity contribution is -0.139. The summed E-state index contributed by atoms with van der Waals surface area (Å²) in [5.74, 6) is -1.07. The molecule has 0 spiro atoms. The van der Waals surface area contributed by atoms with Crippen LogP contribution in [0.1, 0.15) is 19.4 Å². The van der Waals surface area contributed by atoms with Crippen LogP contribution in [0.4, 0.5) is 10.1 Å². The number of ether oxygens (including phenoxy) is 2. The van der Waals surface area contributed by atoms with Crippen LogP contribution >= 0.6 is 0 Å². The average molecular weight is 494 g/mol. The van der Waals surface area contributed by atoms with Crippen LogP contribution < -0.4 is 19.1 Å². The van der Waals surface area contributed by atoms with Gasteiger partial charge in [-0.2, -0.15) is 0 Å². The molecule has 9 nitrogen and oxygen atoms in total. The standard InChI is InChI=1S/C23H28FN3O6S/c1-4-34(30,31)27(18-9-10-20-21(13-18)33-12-11-32-20)15-22(28)26(16(2)23(29)25-3)14-17-7-5-6-8-19(17)24/h5-10,13,16H,4,11-12,14-15H2,1-3H3,(H,25,29)/t16-/m1/s1. The smallest absolute Gasteiger partial charge is 0.244 e. The second kappa shape index (κ2) is 10.7. The first-order valence-corrected chi connectivity index (χ1v) is 12.4. The van der Waals surface area contributed by atoms with Gasteiger partial charge in [-0.1, -0.05) is 18.2 Å². The number of nitrogens with one attached hydrogen (secondary N) is 1. The van der Waals surface area contributed by atoms with Crippen molar-refractivity contribution in [1.29, 1.82) is 0 Å². The minimum Gasteiger partial charge on any atom is -0.486 e. The highest BCUT2D eigenvalue weighted by Gasteiger charge is 2.31. The van der Waals surface area contributed by atoms with Gasteiger partial charge in [0.1, 0.15) is 31.6 Å². The molecule has 1 N–H and O–H groups in total. The quantitative estimate of drug-likeness (QED) is 0.572. The molecule has 0 unspecified atom stereocenters. The Kier molecular flexibility index (Phi) is 7.98. The second-order valence-electron chi connectivity index (χ2n) is 7.64. The molecule has 1 atom stereocenters. The zero-order valence-corrected chi connectivity index (χ0v) is 20.1. The van der Waals surface area contributed by atoms with Crippen LogP contribution in [0.25, 0.3) is 0 Å². The Bertz CT molecular complexity index is 1160. The molecular weight excluding hydrogens is 465 g/mol. The minimum atomic E-state index is -3.89. The van der Waals surface area contributed by atoms with Gasteiger partial charge in [-0.25, -0.2) is 12.8 Å². The number of benzene rings is 2. The summed E-state index contributed by atoms with van der Waals surface area (Å²) in [5.41, 5.74) is 0.425. The number of sulfonamides is 1. The maximum absolute atomic E-state index is 14.3. The molecule has 3 rings (SSSR count). The van der Waals surface area contributed by atoms with Gasteiger partial charge in [0.25, 0.3) is 0 Å². The van der Waals surface area contributed by atoms with Crippen LogP contribution in [-0.2, 0) is 26.2 Å². The van der Waals surface area contributed by atoms with E-state index in [9.17, 15) is 22.4 Å². The van der Waals surface area contributed by atoms with Gasteiger partial charge >= 0.3 is 0 Å². The molecule has 0 saturated carbocycles. The van der Waals surface area contributed by atoms with E-state index >= 15 is 0 Å². The highest BCUT2D eigenvalue weighted by molar-refractivity contribution is 7.92. The van der Waals surface area contributed by atoms with Crippen molar-refractivity contribution in [2.45, 2.75) is 26.4 Å². The van der Waals surface area contributed by atoms with E-state index in [4.69, 9.17) is 9.47 Å². The summed E-state index contributed by atoms with van der Waals surface area (Å²) in [5, 5.41) is 2.47. The largest absolute Gasteiger partial charge is 0.486 e. The number of carbonyl (C=O) groups excluding carboxylic acids is 2. The van der Waals surface area contributed by atoms with Crippen molar-refractivity contribution in [2.75, 3.05) is 36.9 Å². The Morgan fingerprint density at radius 1 is 1.12 bits per heavy atom. The lowest BCUT2D eigenvalue weighted by Crippen LogP contribution is -2.51. The van der Waals surface area contributed by atoms with Crippen LogP contribution in [-0.4, -0.2) is 63.7 Å². The van der Waals surface area contributed by atoms with Crippen molar-refractivity contribution < 1.29 is 31.9 Å². The summed E-state index contributed by atoms with van der Waals surface area (Å²) in [7, 11) is -2.46. The summed E-state index contributed by atoms with van der Waals surface area (Å²) < 4.78 is 52.2. The summed E-state index contributed by atoms with van der Waals surface area (Å²) in [6.07, 6.45) is 0. The number of likely N-dealkylation sites (N-methyl/N-ethyl adjacent to an activating group) is 1. The molecule has 2 amide bonds. The van der Waals surface area contributed by atoms with Crippen molar-refractivity contribution in [2.24, 2.45) is 0 Å². The van der Waals surface area contributed by atoms with Gasteiger partial charge in [-0.15, -0.1) is 0 Å². The highest BCUT2D eigenvalue weighted by atomic mass is 32.2. The van der Waals surface area contributed by atoms with Gasteiger partial charge < -0.3 is 19.7 Å². The van der Waals surface area contributed by atoms with E-state index in [1.807, 2.05) is 0 Å². The molecule has 2 aromatic carbocycles. The number of carbonyl (C=O) groups is 2. The second-order valence-corrected chi connectivity index (χ2v) is 9.82. The van der Waals surface area contributed by atoms with E-state index in [1.165, 1.54) is 51.2 Å². The van der Waals surface area contributed by atoms with E-state index in [0.29, 0.717) is 24.7 Å². The number of fused-ring (bicyclic) bond motifs is 1. The van der Waals surface area contributed by atoms with Gasteiger partial charge in [-0.3, -0.25) is 13.9 Å². The molecule has 184 valence electrons. The fourth-order valence-electron chi connectivity index (χ4n) is 3.51. The van der Waals surface area contributed by atoms with Crippen LogP contribution in [0.2, 0.25) is 0 Å². The van der Waals surface area contributed by atoms with Crippen molar-refractivity contribution in [3.05, 3.63) is 53.8 Å². The van der Waals surface area contributed by atoms with E-state index in [0.717, 1.165) is 9.21 Å². The maximum Gasteiger partial charge on any atom is 0.244 e. The minimum absolute atomic E-state index is 0.204. The summed E-state index contributed by atoms with van der Waals surface area (Å²) in [6, 6.07) is 9.54.